The standard InChI is InChI=1S/C9H11N3/c1-7(2)8-6-10-11-12-5-3-4-9(8)12/h3-7H,1-2H3. The molecule has 62 valence electrons. The fourth-order valence-corrected chi connectivity index (χ4v) is 1.33. The van der Waals surface area contributed by atoms with Crippen LogP contribution >= 0.6 is 0 Å². The van der Waals surface area contributed by atoms with Crippen LogP contribution in [0.15, 0.2) is 24.5 Å². The second kappa shape index (κ2) is 2.59. The molecular weight excluding hydrogens is 150 g/mol. The van der Waals surface area contributed by atoms with Gasteiger partial charge in [0.15, 0.2) is 0 Å². The van der Waals surface area contributed by atoms with E-state index in [4.69, 9.17) is 0 Å². The third-order valence-electron chi connectivity index (χ3n) is 1.99. The van der Waals surface area contributed by atoms with Gasteiger partial charge < -0.3 is 0 Å². The van der Waals surface area contributed by atoms with Crippen LogP contribution in [0.2, 0.25) is 0 Å². The Kier molecular flexibility index (Phi) is 1.57. The molecule has 0 radical (unpaired) electrons. The van der Waals surface area contributed by atoms with Gasteiger partial charge in [-0.1, -0.05) is 19.1 Å². The summed E-state index contributed by atoms with van der Waals surface area (Å²) in [5.74, 6) is 0.498. The summed E-state index contributed by atoms with van der Waals surface area (Å²) in [7, 11) is 0. The molecule has 2 heterocycles. The minimum atomic E-state index is 0.498. The maximum atomic E-state index is 3.95. The molecule has 12 heavy (non-hydrogen) atoms. The number of nitrogens with zero attached hydrogens (tertiary/aromatic N) is 3. The maximum absolute atomic E-state index is 3.95. The maximum Gasteiger partial charge on any atom is 0.0713 e. The van der Waals surface area contributed by atoms with Crippen LogP contribution in [-0.2, 0) is 0 Å². The minimum absolute atomic E-state index is 0.498. The highest BCUT2D eigenvalue weighted by Crippen LogP contribution is 2.18. The average molecular weight is 161 g/mol. The van der Waals surface area contributed by atoms with Crippen molar-refractivity contribution in [2.45, 2.75) is 19.8 Å². The van der Waals surface area contributed by atoms with E-state index >= 15 is 0 Å². The Hall–Kier alpha value is -1.38. The van der Waals surface area contributed by atoms with E-state index in [1.54, 1.807) is 4.52 Å². The Morgan fingerprint density at radius 2 is 2.25 bits per heavy atom. The first-order valence-corrected chi connectivity index (χ1v) is 4.08. The molecular formula is C9H11N3. The number of fused-ring (bicyclic) bond motifs is 1. The van der Waals surface area contributed by atoms with Gasteiger partial charge in [0.05, 0.1) is 11.7 Å². The third-order valence-corrected chi connectivity index (χ3v) is 1.99. The highest BCUT2D eigenvalue weighted by atomic mass is 15.4. The van der Waals surface area contributed by atoms with Crippen LogP contribution in [0, 0.1) is 0 Å². The van der Waals surface area contributed by atoms with E-state index in [0.29, 0.717) is 5.92 Å². The zero-order valence-corrected chi connectivity index (χ0v) is 7.23. The molecule has 0 saturated heterocycles. The molecule has 2 aromatic heterocycles. The summed E-state index contributed by atoms with van der Waals surface area (Å²) in [6, 6.07) is 4.04. The normalized spacial score (nSPS) is 11.2. The van der Waals surface area contributed by atoms with Crippen molar-refractivity contribution >= 4 is 5.52 Å². The van der Waals surface area contributed by atoms with Gasteiger partial charge in [-0.2, -0.15) is 0 Å². The first-order chi connectivity index (χ1) is 5.79. The third kappa shape index (κ3) is 0.978. The fraction of sp³-hybridized carbons (Fsp3) is 0.333. The summed E-state index contributed by atoms with van der Waals surface area (Å²) < 4.78 is 1.80. The van der Waals surface area contributed by atoms with Gasteiger partial charge in [-0.05, 0) is 18.1 Å². The molecule has 2 aromatic rings. The second-order valence-electron chi connectivity index (χ2n) is 3.18. The lowest BCUT2D eigenvalue weighted by Gasteiger charge is -2.05. The lowest BCUT2D eigenvalue weighted by Crippen LogP contribution is -1.98. The smallest absolute Gasteiger partial charge is 0.0713 e. The first kappa shape index (κ1) is 7.28. The summed E-state index contributed by atoms with van der Waals surface area (Å²) in [4.78, 5) is 0. The van der Waals surface area contributed by atoms with Gasteiger partial charge in [0, 0.05) is 11.8 Å². The molecule has 3 heteroatoms. The summed E-state index contributed by atoms with van der Waals surface area (Å²) in [5, 5.41) is 7.87. The summed E-state index contributed by atoms with van der Waals surface area (Å²) in [6.07, 6.45) is 3.74. The second-order valence-corrected chi connectivity index (χ2v) is 3.18. The largest absolute Gasteiger partial charge is 0.222 e. The molecule has 0 aromatic carbocycles. The predicted molar refractivity (Wildman–Crippen MR) is 47.1 cm³/mol. The zero-order chi connectivity index (χ0) is 8.55. The summed E-state index contributed by atoms with van der Waals surface area (Å²) >= 11 is 0. The van der Waals surface area contributed by atoms with Crippen molar-refractivity contribution in [1.29, 1.82) is 0 Å². The van der Waals surface area contributed by atoms with Gasteiger partial charge in [-0.15, -0.1) is 5.10 Å². The van der Waals surface area contributed by atoms with E-state index in [9.17, 15) is 0 Å². The molecule has 2 rings (SSSR count). The van der Waals surface area contributed by atoms with Crippen LogP contribution in [0.3, 0.4) is 0 Å². The number of hydrogen-bond donors (Lipinski definition) is 0. The molecule has 0 unspecified atom stereocenters. The zero-order valence-electron chi connectivity index (χ0n) is 7.23. The first-order valence-electron chi connectivity index (χ1n) is 4.08. The molecule has 0 saturated carbocycles. The van der Waals surface area contributed by atoms with Crippen molar-refractivity contribution < 1.29 is 0 Å². The Bertz CT molecular complexity index is 389. The van der Waals surface area contributed by atoms with E-state index in [1.807, 2.05) is 18.5 Å². The van der Waals surface area contributed by atoms with Crippen LogP contribution in [0.5, 0.6) is 0 Å². The van der Waals surface area contributed by atoms with E-state index in [1.165, 1.54) is 5.56 Å². The fourth-order valence-electron chi connectivity index (χ4n) is 1.33. The quantitative estimate of drug-likeness (QED) is 0.639. The van der Waals surface area contributed by atoms with Gasteiger partial charge in [-0.25, -0.2) is 4.52 Å². The van der Waals surface area contributed by atoms with E-state index in [0.717, 1.165) is 5.52 Å². The van der Waals surface area contributed by atoms with Gasteiger partial charge >= 0.3 is 0 Å². The molecule has 0 aliphatic rings. The van der Waals surface area contributed by atoms with Crippen molar-refractivity contribution in [3.63, 3.8) is 0 Å². The van der Waals surface area contributed by atoms with Gasteiger partial charge in [-0.3, -0.25) is 0 Å². The van der Waals surface area contributed by atoms with Crippen molar-refractivity contribution in [1.82, 2.24) is 14.8 Å². The Labute approximate surface area is 71.0 Å². The van der Waals surface area contributed by atoms with Crippen LogP contribution in [-0.4, -0.2) is 14.8 Å². The monoisotopic (exact) mass is 161 g/mol. The molecule has 0 bridgehead atoms. The van der Waals surface area contributed by atoms with Crippen LogP contribution in [0.25, 0.3) is 5.52 Å². The van der Waals surface area contributed by atoms with Crippen LogP contribution < -0.4 is 0 Å². The van der Waals surface area contributed by atoms with Gasteiger partial charge in [0.25, 0.3) is 0 Å². The van der Waals surface area contributed by atoms with E-state index in [2.05, 4.69) is 30.2 Å². The van der Waals surface area contributed by atoms with Crippen molar-refractivity contribution in [2.24, 2.45) is 0 Å². The van der Waals surface area contributed by atoms with Crippen molar-refractivity contribution in [2.75, 3.05) is 0 Å². The van der Waals surface area contributed by atoms with Crippen LogP contribution in [0.1, 0.15) is 25.3 Å². The lowest BCUT2D eigenvalue weighted by atomic mass is 10.1. The van der Waals surface area contributed by atoms with Crippen molar-refractivity contribution in [3.05, 3.63) is 30.1 Å². The Morgan fingerprint density at radius 1 is 1.42 bits per heavy atom. The Balaban J connectivity index is 2.73. The SMILES string of the molecule is CC(C)c1cnnn2cccc12. The van der Waals surface area contributed by atoms with Crippen LogP contribution in [0.4, 0.5) is 0 Å². The highest BCUT2D eigenvalue weighted by molar-refractivity contribution is 5.54. The van der Waals surface area contributed by atoms with E-state index < -0.39 is 0 Å². The molecule has 0 spiro atoms. The summed E-state index contributed by atoms with van der Waals surface area (Å²) in [6.45, 7) is 4.31. The molecule has 0 amide bonds. The molecule has 0 N–H and O–H groups in total. The van der Waals surface area contributed by atoms with E-state index in [-0.39, 0.29) is 0 Å². The molecule has 0 fully saturated rings. The highest BCUT2D eigenvalue weighted by Gasteiger charge is 2.04. The Morgan fingerprint density at radius 3 is 3.00 bits per heavy atom. The molecule has 0 aliphatic heterocycles. The molecule has 0 aliphatic carbocycles. The number of aromatic nitrogens is 3. The van der Waals surface area contributed by atoms with Gasteiger partial charge in [0.1, 0.15) is 0 Å². The molecule has 0 atom stereocenters. The molecule has 3 nitrogen and oxygen atoms in total. The topological polar surface area (TPSA) is 30.2 Å². The average Bonchev–Trinajstić information content (AvgIpc) is 2.49. The predicted octanol–water partition coefficient (Wildman–Crippen LogP) is 1.85. The van der Waals surface area contributed by atoms with Gasteiger partial charge in [0.2, 0.25) is 0 Å². The number of rotatable bonds is 1. The van der Waals surface area contributed by atoms with Crippen molar-refractivity contribution in [3.8, 4) is 0 Å². The number of hydrogen-bond acceptors (Lipinski definition) is 2. The lowest BCUT2D eigenvalue weighted by molar-refractivity contribution is 0.767. The summed E-state index contributed by atoms with van der Waals surface area (Å²) in [5.41, 5.74) is 2.40. The minimum Gasteiger partial charge on any atom is -0.222 e.